The number of nitrogens with zero attached hydrogens (tertiary/aromatic N) is 1. The van der Waals surface area contributed by atoms with Gasteiger partial charge in [0.25, 0.3) is 0 Å². The van der Waals surface area contributed by atoms with E-state index < -0.39 is 17.7 Å². The van der Waals surface area contributed by atoms with Crippen LogP contribution in [0.3, 0.4) is 0 Å². The van der Waals surface area contributed by atoms with Crippen LogP contribution in [0.15, 0.2) is 24.4 Å². The zero-order valence-corrected chi connectivity index (χ0v) is 9.70. The normalized spacial score (nSPS) is 11.8. The van der Waals surface area contributed by atoms with Gasteiger partial charge < -0.3 is 4.74 Å². The fraction of sp³-hybridized carbons (Fsp3) is 0.333. The molecule has 0 unspecified atom stereocenters. The Labute approximate surface area is 102 Å². The van der Waals surface area contributed by atoms with Crippen molar-refractivity contribution in [2.24, 2.45) is 0 Å². The highest BCUT2D eigenvalue weighted by Gasteiger charge is 2.30. The van der Waals surface area contributed by atoms with Gasteiger partial charge in [0.15, 0.2) is 0 Å². The molecule has 0 aliphatic carbocycles. The second-order valence-electron chi connectivity index (χ2n) is 3.38. The third-order valence-corrected chi connectivity index (χ3v) is 1.99. The molecule has 18 heavy (non-hydrogen) atoms. The van der Waals surface area contributed by atoms with Crippen LogP contribution in [0.5, 0.6) is 0 Å². The van der Waals surface area contributed by atoms with E-state index in [1.807, 2.05) is 0 Å². The van der Waals surface area contributed by atoms with E-state index in [4.69, 9.17) is 0 Å². The molecule has 0 atom stereocenters. The zero-order chi connectivity index (χ0) is 13.6. The average Bonchev–Trinajstić information content (AvgIpc) is 2.29. The van der Waals surface area contributed by atoms with Crippen LogP contribution in [0.25, 0.3) is 6.08 Å². The van der Waals surface area contributed by atoms with Gasteiger partial charge in [-0.2, -0.15) is 13.2 Å². The Balaban J connectivity index is 2.68. The van der Waals surface area contributed by atoms with E-state index in [1.165, 1.54) is 12.2 Å². The summed E-state index contributed by atoms with van der Waals surface area (Å²) in [5, 5.41) is 0. The van der Waals surface area contributed by atoms with Crippen molar-refractivity contribution in [2.45, 2.75) is 19.5 Å². The van der Waals surface area contributed by atoms with Gasteiger partial charge in [0, 0.05) is 6.20 Å². The molecule has 0 amide bonds. The van der Waals surface area contributed by atoms with Crippen LogP contribution >= 0.6 is 0 Å². The highest BCUT2D eigenvalue weighted by atomic mass is 19.4. The Bertz CT molecular complexity index is 441. The lowest BCUT2D eigenvalue weighted by molar-refractivity contribution is -0.142. The van der Waals surface area contributed by atoms with Crippen LogP contribution in [0.2, 0.25) is 0 Å². The van der Waals surface area contributed by atoms with Gasteiger partial charge in [0.05, 0.1) is 24.3 Å². The van der Waals surface area contributed by atoms with Gasteiger partial charge >= 0.3 is 12.1 Å². The van der Waals surface area contributed by atoms with E-state index in [-0.39, 0.29) is 18.7 Å². The molecule has 0 bridgehead atoms. The molecule has 0 N–H and O–H groups in total. The van der Waals surface area contributed by atoms with E-state index in [0.717, 1.165) is 18.3 Å². The standard InChI is InChI=1S/C12H12F3NO2/c1-2-18-11(17)5-3-4-10-8-9(6-7-16-10)12(13,14)15/h3-4,6-8H,2,5H2,1H3. The molecule has 0 fully saturated rings. The number of ether oxygens (including phenoxy) is 1. The number of alkyl halides is 3. The lowest BCUT2D eigenvalue weighted by Gasteiger charge is -2.06. The summed E-state index contributed by atoms with van der Waals surface area (Å²) in [4.78, 5) is 14.7. The Morgan fingerprint density at radius 1 is 1.50 bits per heavy atom. The summed E-state index contributed by atoms with van der Waals surface area (Å²) in [7, 11) is 0. The van der Waals surface area contributed by atoms with Crippen molar-refractivity contribution in [1.29, 1.82) is 0 Å². The van der Waals surface area contributed by atoms with Gasteiger partial charge in [-0.25, -0.2) is 0 Å². The molecule has 6 heteroatoms. The molecule has 0 aliphatic heterocycles. The van der Waals surface area contributed by atoms with Gasteiger partial charge in [-0.3, -0.25) is 9.78 Å². The van der Waals surface area contributed by atoms with Crippen molar-refractivity contribution in [3.05, 3.63) is 35.7 Å². The molecule has 0 saturated heterocycles. The third kappa shape index (κ3) is 4.57. The quantitative estimate of drug-likeness (QED) is 0.780. The number of rotatable bonds is 4. The lowest BCUT2D eigenvalue weighted by Crippen LogP contribution is -2.05. The fourth-order valence-electron chi connectivity index (χ4n) is 1.21. The Morgan fingerprint density at radius 3 is 2.83 bits per heavy atom. The van der Waals surface area contributed by atoms with E-state index in [0.29, 0.717) is 0 Å². The summed E-state index contributed by atoms with van der Waals surface area (Å²) in [6.07, 6.45) is -0.544. The predicted octanol–water partition coefficient (Wildman–Crippen LogP) is 3.07. The van der Waals surface area contributed by atoms with Gasteiger partial charge in [-0.05, 0) is 25.1 Å². The van der Waals surface area contributed by atoms with Crippen LogP contribution in [-0.2, 0) is 15.7 Å². The van der Waals surface area contributed by atoms with Crippen LogP contribution in [0, 0.1) is 0 Å². The van der Waals surface area contributed by atoms with E-state index in [9.17, 15) is 18.0 Å². The number of aromatic nitrogens is 1. The molecule has 0 saturated carbocycles. The Hall–Kier alpha value is -1.85. The van der Waals surface area contributed by atoms with Crippen molar-refractivity contribution in [2.75, 3.05) is 6.61 Å². The molecular formula is C12H12F3NO2. The summed E-state index contributed by atoms with van der Waals surface area (Å²) in [5.41, 5.74) is -0.623. The molecule has 1 aromatic heterocycles. The number of esters is 1. The first kappa shape index (κ1) is 14.2. The lowest BCUT2D eigenvalue weighted by atomic mass is 10.2. The Kier molecular flexibility index (Phi) is 4.88. The number of pyridine rings is 1. The smallest absolute Gasteiger partial charge is 0.416 e. The number of carbonyl (C=O) groups excluding carboxylic acids is 1. The summed E-state index contributed by atoms with van der Waals surface area (Å²) < 4.78 is 41.8. The van der Waals surface area contributed by atoms with E-state index in [1.54, 1.807) is 6.92 Å². The maximum Gasteiger partial charge on any atom is 0.416 e. The van der Waals surface area contributed by atoms with Gasteiger partial charge in [-0.1, -0.05) is 6.08 Å². The first-order valence-electron chi connectivity index (χ1n) is 5.29. The predicted molar refractivity (Wildman–Crippen MR) is 59.5 cm³/mol. The molecule has 0 aromatic carbocycles. The maximum absolute atomic E-state index is 12.4. The third-order valence-electron chi connectivity index (χ3n) is 1.99. The molecule has 0 aliphatic rings. The zero-order valence-electron chi connectivity index (χ0n) is 9.70. The van der Waals surface area contributed by atoms with E-state index >= 15 is 0 Å². The van der Waals surface area contributed by atoms with Crippen LogP contribution in [-0.4, -0.2) is 17.6 Å². The number of hydrogen-bond donors (Lipinski definition) is 0. The molecule has 0 radical (unpaired) electrons. The van der Waals surface area contributed by atoms with E-state index in [2.05, 4.69) is 9.72 Å². The number of carbonyl (C=O) groups is 1. The summed E-state index contributed by atoms with van der Waals surface area (Å²) in [5.74, 6) is -0.430. The molecule has 1 heterocycles. The fourth-order valence-corrected chi connectivity index (χ4v) is 1.21. The largest absolute Gasteiger partial charge is 0.466 e. The van der Waals surface area contributed by atoms with Gasteiger partial charge in [0.1, 0.15) is 0 Å². The molecule has 0 spiro atoms. The first-order chi connectivity index (χ1) is 8.43. The van der Waals surface area contributed by atoms with Gasteiger partial charge in [0.2, 0.25) is 0 Å². The minimum atomic E-state index is -4.40. The average molecular weight is 259 g/mol. The van der Waals surface area contributed by atoms with Crippen molar-refractivity contribution in [3.8, 4) is 0 Å². The Morgan fingerprint density at radius 2 is 2.22 bits per heavy atom. The topological polar surface area (TPSA) is 39.2 Å². The molecule has 98 valence electrons. The molecular weight excluding hydrogens is 247 g/mol. The van der Waals surface area contributed by atoms with Crippen LogP contribution in [0.1, 0.15) is 24.6 Å². The van der Waals surface area contributed by atoms with Crippen molar-refractivity contribution >= 4 is 12.0 Å². The van der Waals surface area contributed by atoms with Crippen molar-refractivity contribution < 1.29 is 22.7 Å². The van der Waals surface area contributed by atoms with Crippen LogP contribution < -0.4 is 0 Å². The summed E-state index contributed by atoms with van der Waals surface area (Å²) in [6.45, 7) is 1.95. The van der Waals surface area contributed by atoms with Crippen LogP contribution in [0.4, 0.5) is 13.2 Å². The summed E-state index contributed by atoms with van der Waals surface area (Å²) >= 11 is 0. The van der Waals surface area contributed by atoms with Gasteiger partial charge in [-0.15, -0.1) is 0 Å². The van der Waals surface area contributed by atoms with Crippen molar-refractivity contribution in [3.63, 3.8) is 0 Å². The highest BCUT2D eigenvalue weighted by molar-refractivity contribution is 5.72. The SMILES string of the molecule is CCOC(=O)CC=Cc1cc(C(F)(F)F)ccn1. The monoisotopic (exact) mass is 259 g/mol. The minimum Gasteiger partial charge on any atom is -0.466 e. The maximum atomic E-state index is 12.4. The van der Waals surface area contributed by atoms with Crippen molar-refractivity contribution in [1.82, 2.24) is 4.98 Å². The number of hydrogen-bond acceptors (Lipinski definition) is 3. The minimum absolute atomic E-state index is 0.00572. The molecule has 3 nitrogen and oxygen atoms in total. The molecule has 1 aromatic rings. The second kappa shape index (κ2) is 6.18. The summed E-state index contributed by atoms with van der Waals surface area (Å²) in [6, 6.07) is 1.81. The highest BCUT2D eigenvalue weighted by Crippen LogP contribution is 2.29. The first-order valence-corrected chi connectivity index (χ1v) is 5.29. The second-order valence-corrected chi connectivity index (χ2v) is 3.38. The molecule has 1 rings (SSSR count). The number of halogens is 3.